The summed E-state index contributed by atoms with van der Waals surface area (Å²) in [5, 5.41) is 10.5. The predicted molar refractivity (Wildman–Crippen MR) is 62.9 cm³/mol. The van der Waals surface area contributed by atoms with E-state index in [9.17, 15) is 14.5 Å². The second kappa shape index (κ2) is 4.76. The summed E-state index contributed by atoms with van der Waals surface area (Å²) in [5.41, 5.74) is 0. The van der Waals surface area contributed by atoms with E-state index in [1.54, 1.807) is 0 Å². The predicted octanol–water partition coefficient (Wildman–Crippen LogP) is 3.75. The topological polar surface area (TPSA) is 65.3 Å². The van der Waals surface area contributed by atoms with Crippen LogP contribution >= 0.6 is 27.3 Å². The third kappa shape index (κ3) is 2.77. The lowest BCUT2D eigenvalue weighted by molar-refractivity contribution is -0.380. The third-order valence-electron chi connectivity index (χ3n) is 1.74. The van der Waals surface area contributed by atoms with Gasteiger partial charge in [-0.25, -0.2) is 9.37 Å². The smallest absolute Gasteiger partial charge is 0.347 e. The van der Waals surface area contributed by atoms with Crippen LogP contribution < -0.4 is 4.74 Å². The third-order valence-corrected chi connectivity index (χ3v) is 3.19. The molecule has 0 unspecified atom stereocenters. The van der Waals surface area contributed by atoms with Crippen LogP contribution in [0.5, 0.6) is 10.9 Å². The van der Waals surface area contributed by atoms with Gasteiger partial charge in [0.05, 0.1) is 9.40 Å². The maximum Gasteiger partial charge on any atom is 0.347 e. The molecule has 1 aromatic heterocycles. The molecule has 0 aliphatic rings. The Labute approximate surface area is 107 Å². The van der Waals surface area contributed by atoms with Crippen LogP contribution in [-0.2, 0) is 0 Å². The molecule has 0 amide bonds. The Morgan fingerprint density at radius 2 is 2.29 bits per heavy atom. The van der Waals surface area contributed by atoms with E-state index in [0.29, 0.717) is 10.2 Å². The van der Waals surface area contributed by atoms with Crippen LogP contribution in [0.15, 0.2) is 28.9 Å². The van der Waals surface area contributed by atoms with Crippen LogP contribution in [-0.4, -0.2) is 9.91 Å². The van der Waals surface area contributed by atoms with Crippen molar-refractivity contribution in [1.82, 2.24) is 4.98 Å². The Morgan fingerprint density at radius 3 is 2.88 bits per heavy atom. The molecule has 17 heavy (non-hydrogen) atoms. The Morgan fingerprint density at radius 1 is 1.53 bits per heavy atom. The fourth-order valence-corrected chi connectivity index (χ4v) is 2.06. The molecule has 0 aliphatic carbocycles. The molecule has 0 fully saturated rings. The molecule has 0 radical (unpaired) electrons. The van der Waals surface area contributed by atoms with Gasteiger partial charge < -0.3 is 4.74 Å². The standard InChI is InChI=1S/C9H4BrFN2O3S/c10-6-3-5(11)1-2-7(6)16-9-12-4-8(17-9)13(14)15/h1-4H. The van der Waals surface area contributed by atoms with Gasteiger partial charge in [-0.05, 0) is 45.5 Å². The Bertz CT molecular complexity index is 575. The number of ether oxygens (including phenoxy) is 1. The lowest BCUT2D eigenvalue weighted by Crippen LogP contribution is -1.85. The number of halogens is 2. The van der Waals surface area contributed by atoms with Crippen molar-refractivity contribution in [3.05, 3.63) is 44.8 Å². The van der Waals surface area contributed by atoms with Crippen LogP contribution in [0, 0.1) is 15.9 Å². The van der Waals surface area contributed by atoms with Gasteiger partial charge in [0.2, 0.25) is 0 Å². The molecule has 0 aliphatic heterocycles. The summed E-state index contributed by atoms with van der Waals surface area (Å²) in [4.78, 5) is 13.6. The zero-order chi connectivity index (χ0) is 12.4. The number of benzene rings is 1. The summed E-state index contributed by atoms with van der Waals surface area (Å²) in [6, 6.07) is 3.87. The van der Waals surface area contributed by atoms with Crippen molar-refractivity contribution in [2.45, 2.75) is 0 Å². The first kappa shape index (κ1) is 11.9. The summed E-state index contributed by atoms with van der Waals surface area (Å²) in [6.45, 7) is 0. The maximum absolute atomic E-state index is 12.8. The summed E-state index contributed by atoms with van der Waals surface area (Å²) in [7, 11) is 0. The molecule has 0 saturated heterocycles. The second-order valence-corrected chi connectivity index (χ2v) is 4.72. The van der Waals surface area contributed by atoms with Gasteiger partial charge >= 0.3 is 5.00 Å². The highest BCUT2D eigenvalue weighted by Crippen LogP contribution is 2.34. The minimum absolute atomic E-state index is 0.113. The zero-order valence-electron chi connectivity index (χ0n) is 8.09. The van der Waals surface area contributed by atoms with Crippen molar-refractivity contribution in [3.8, 4) is 10.9 Å². The Balaban J connectivity index is 2.22. The molecule has 88 valence electrons. The minimum Gasteiger partial charge on any atom is -0.430 e. The van der Waals surface area contributed by atoms with E-state index < -0.39 is 10.7 Å². The molecule has 2 rings (SSSR count). The van der Waals surface area contributed by atoms with Crippen LogP contribution in [0.25, 0.3) is 0 Å². The average molecular weight is 319 g/mol. The normalized spacial score (nSPS) is 10.2. The molecule has 0 spiro atoms. The van der Waals surface area contributed by atoms with Gasteiger partial charge in [0, 0.05) is 0 Å². The number of hydrogen-bond donors (Lipinski definition) is 0. The highest BCUT2D eigenvalue weighted by Gasteiger charge is 2.14. The molecule has 1 aromatic carbocycles. The summed E-state index contributed by atoms with van der Waals surface area (Å²) >= 11 is 3.92. The minimum atomic E-state index is -0.551. The summed E-state index contributed by atoms with van der Waals surface area (Å²) in [5.74, 6) is -0.0648. The number of thiazole rings is 1. The summed E-state index contributed by atoms with van der Waals surface area (Å²) < 4.78 is 18.5. The molecular formula is C9H4BrFN2O3S. The van der Waals surface area contributed by atoms with Gasteiger partial charge in [-0.15, -0.1) is 0 Å². The van der Waals surface area contributed by atoms with Crippen molar-refractivity contribution in [2.24, 2.45) is 0 Å². The first-order valence-electron chi connectivity index (χ1n) is 4.29. The lowest BCUT2D eigenvalue weighted by atomic mass is 10.3. The second-order valence-electron chi connectivity index (χ2n) is 2.90. The van der Waals surface area contributed by atoms with Gasteiger partial charge in [0.15, 0.2) is 0 Å². The SMILES string of the molecule is O=[N+]([O-])c1cnc(Oc2ccc(F)cc2Br)s1. The van der Waals surface area contributed by atoms with Gasteiger partial charge in [-0.1, -0.05) is 0 Å². The van der Waals surface area contributed by atoms with Gasteiger partial charge in [-0.3, -0.25) is 10.1 Å². The number of aromatic nitrogens is 1. The van der Waals surface area contributed by atoms with Crippen molar-refractivity contribution < 1.29 is 14.1 Å². The fourth-order valence-electron chi connectivity index (χ4n) is 1.03. The monoisotopic (exact) mass is 318 g/mol. The highest BCUT2D eigenvalue weighted by atomic mass is 79.9. The number of nitrogens with zero attached hydrogens (tertiary/aromatic N) is 2. The molecule has 8 heteroatoms. The molecule has 0 bridgehead atoms. The molecule has 1 heterocycles. The van der Waals surface area contributed by atoms with Crippen LogP contribution in [0.3, 0.4) is 0 Å². The Kier molecular flexibility index (Phi) is 3.34. The van der Waals surface area contributed by atoms with Crippen molar-refractivity contribution in [3.63, 3.8) is 0 Å². The maximum atomic E-state index is 12.8. The van der Waals surface area contributed by atoms with Crippen LogP contribution in [0.1, 0.15) is 0 Å². The van der Waals surface area contributed by atoms with Crippen molar-refractivity contribution in [2.75, 3.05) is 0 Å². The fraction of sp³-hybridized carbons (Fsp3) is 0. The number of hydrogen-bond acceptors (Lipinski definition) is 5. The molecule has 0 saturated carbocycles. The Hall–Kier alpha value is -1.54. The van der Waals surface area contributed by atoms with E-state index in [1.165, 1.54) is 18.2 Å². The number of nitro groups is 1. The zero-order valence-corrected chi connectivity index (χ0v) is 10.5. The van der Waals surface area contributed by atoms with E-state index in [0.717, 1.165) is 17.5 Å². The first-order valence-corrected chi connectivity index (χ1v) is 5.90. The van der Waals surface area contributed by atoms with Crippen LogP contribution in [0.2, 0.25) is 0 Å². The molecular weight excluding hydrogens is 315 g/mol. The van der Waals surface area contributed by atoms with E-state index in [1.807, 2.05) is 0 Å². The largest absolute Gasteiger partial charge is 0.430 e. The van der Waals surface area contributed by atoms with Crippen molar-refractivity contribution in [1.29, 1.82) is 0 Å². The summed E-state index contributed by atoms with van der Waals surface area (Å²) in [6.07, 6.45) is 1.11. The van der Waals surface area contributed by atoms with E-state index in [-0.39, 0.29) is 10.2 Å². The van der Waals surface area contributed by atoms with Crippen molar-refractivity contribution >= 4 is 32.3 Å². The van der Waals surface area contributed by atoms with E-state index in [2.05, 4.69) is 20.9 Å². The quantitative estimate of drug-likeness (QED) is 0.638. The molecule has 5 nitrogen and oxygen atoms in total. The molecule has 0 atom stereocenters. The van der Waals surface area contributed by atoms with Gasteiger partial charge in [0.1, 0.15) is 17.8 Å². The highest BCUT2D eigenvalue weighted by molar-refractivity contribution is 9.10. The van der Waals surface area contributed by atoms with Crippen LogP contribution in [0.4, 0.5) is 9.39 Å². The molecule has 0 N–H and O–H groups in total. The lowest BCUT2D eigenvalue weighted by Gasteiger charge is -2.03. The van der Waals surface area contributed by atoms with E-state index in [4.69, 9.17) is 4.74 Å². The van der Waals surface area contributed by atoms with Gasteiger partial charge in [-0.2, -0.15) is 0 Å². The average Bonchev–Trinajstić information content (AvgIpc) is 2.71. The molecule has 2 aromatic rings. The van der Waals surface area contributed by atoms with E-state index >= 15 is 0 Å². The van der Waals surface area contributed by atoms with Gasteiger partial charge in [0.25, 0.3) is 5.19 Å². The number of rotatable bonds is 3. The first-order chi connectivity index (χ1) is 8.06.